The molecule has 0 radical (unpaired) electrons. The standard InChI is InChI=1S/C33H38ClN3O4/c1-18-12-13-23(16-20(18)3)35-30(38)27-26-14-15-33(41-26)28(27)32(40)37(17-22-9-5-6-10-24(22)34)29(33)31(39)36-25-11-7-8-19(2)21(25)4/h5-6,9-10,12-16,19,21,25-29H,7-8,11,17H2,1-4H3,(H,35,38)(H,36,39)/t19-,21-,25-,26+,27-,28+,29+,33+/m1/s1. The minimum Gasteiger partial charge on any atom is -0.359 e. The number of hydrogen-bond acceptors (Lipinski definition) is 4. The number of carbonyl (C=O) groups excluding carboxylic acids is 3. The van der Waals surface area contributed by atoms with E-state index in [2.05, 4.69) is 24.5 Å². The van der Waals surface area contributed by atoms with Crippen molar-refractivity contribution >= 4 is 35.0 Å². The molecule has 4 aliphatic rings. The van der Waals surface area contributed by atoms with Crippen LogP contribution in [0, 0.1) is 37.5 Å². The molecule has 216 valence electrons. The van der Waals surface area contributed by atoms with Crippen LogP contribution in [-0.4, -0.2) is 46.4 Å². The van der Waals surface area contributed by atoms with Crippen LogP contribution in [0.25, 0.3) is 0 Å². The van der Waals surface area contributed by atoms with Gasteiger partial charge in [-0.1, -0.05) is 74.7 Å². The van der Waals surface area contributed by atoms with E-state index in [9.17, 15) is 14.4 Å². The molecule has 1 spiro atoms. The van der Waals surface area contributed by atoms with Gasteiger partial charge in [0, 0.05) is 23.3 Å². The topological polar surface area (TPSA) is 87.7 Å². The number of halogens is 1. The molecule has 3 amide bonds. The van der Waals surface area contributed by atoms with Gasteiger partial charge < -0.3 is 20.3 Å². The maximum Gasteiger partial charge on any atom is 0.246 e. The van der Waals surface area contributed by atoms with Crippen LogP contribution in [0.1, 0.15) is 49.8 Å². The third kappa shape index (κ3) is 4.67. The number of hydrogen-bond donors (Lipinski definition) is 2. The zero-order valence-electron chi connectivity index (χ0n) is 24.0. The molecule has 6 rings (SSSR count). The van der Waals surface area contributed by atoms with Crippen LogP contribution in [0.15, 0.2) is 54.6 Å². The molecule has 3 aliphatic heterocycles. The summed E-state index contributed by atoms with van der Waals surface area (Å²) in [6, 6.07) is 12.2. The lowest BCUT2D eigenvalue weighted by atomic mass is 9.73. The summed E-state index contributed by atoms with van der Waals surface area (Å²) in [6.07, 6.45) is 6.21. The van der Waals surface area contributed by atoms with E-state index in [0.717, 1.165) is 36.0 Å². The second-order valence-electron chi connectivity index (χ2n) is 12.4. The monoisotopic (exact) mass is 575 g/mol. The lowest BCUT2D eigenvalue weighted by Crippen LogP contribution is -2.57. The highest BCUT2D eigenvalue weighted by atomic mass is 35.5. The molecule has 8 atom stereocenters. The first-order valence-electron chi connectivity index (χ1n) is 14.7. The number of anilines is 1. The summed E-state index contributed by atoms with van der Waals surface area (Å²) < 4.78 is 6.51. The fourth-order valence-corrected chi connectivity index (χ4v) is 7.54. The van der Waals surface area contributed by atoms with Crippen LogP contribution >= 0.6 is 11.6 Å². The Morgan fingerprint density at radius 1 is 1.07 bits per heavy atom. The van der Waals surface area contributed by atoms with Gasteiger partial charge in [-0.3, -0.25) is 14.4 Å². The fourth-order valence-electron chi connectivity index (χ4n) is 7.34. The van der Waals surface area contributed by atoms with E-state index < -0.39 is 29.6 Å². The molecule has 0 unspecified atom stereocenters. The van der Waals surface area contributed by atoms with Crippen LogP contribution in [0.2, 0.25) is 5.02 Å². The van der Waals surface area contributed by atoms with E-state index in [4.69, 9.17) is 16.3 Å². The molecular formula is C33H38ClN3O4. The minimum atomic E-state index is -1.22. The summed E-state index contributed by atoms with van der Waals surface area (Å²) in [7, 11) is 0. The molecule has 7 nitrogen and oxygen atoms in total. The third-order valence-corrected chi connectivity index (χ3v) is 10.4. The molecular weight excluding hydrogens is 538 g/mol. The molecule has 0 aromatic heterocycles. The van der Waals surface area contributed by atoms with Gasteiger partial charge in [0.2, 0.25) is 17.7 Å². The summed E-state index contributed by atoms with van der Waals surface area (Å²) in [5.74, 6) is -1.53. The highest BCUT2D eigenvalue weighted by molar-refractivity contribution is 6.31. The van der Waals surface area contributed by atoms with Gasteiger partial charge in [-0.25, -0.2) is 0 Å². The highest BCUT2D eigenvalue weighted by Crippen LogP contribution is 2.55. The Labute approximate surface area is 246 Å². The average molecular weight is 576 g/mol. The van der Waals surface area contributed by atoms with Gasteiger partial charge in [-0.2, -0.15) is 0 Å². The SMILES string of the molecule is Cc1ccc(NC(=O)[C@@H]2[C@@H]3C=C[C@]4(O3)[C@@H]2C(=O)N(Cc2ccccc2Cl)[C@H]4C(=O)N[C@@H]2CCC[C@@H](C)[C@H]2C)cc1C. The van der Waals surface area contributed by atoms with Crippen molar-refractivity contribution in [3.05, 3.63) is 76.3 Å². The van der Waals surface area contributed by atoms with E-state index >= 15 is 0 Å². The van der Waals surface area contributed by atoms with Gasteiger partial charge in [0.1, 0.15) is 11.6 Å². The Bertz CT molecular complexity index is 1420. The molecule has 2 N–H and O–H groups in total. The second kappa shape index (κ2) is 10.6. The summed E-state index contributed by atoms with van der Waals surface area (Å²) in [5.41, 5.74) is 2.39. The number of amides is 3. The Morgan fingerprint density at radius 2 is 1.85 bits per heavy atom. The van der Waals surface area contributed by atoms with Crippen molar-refractivity contribution in [3.8, 4) is 0 Å². The van der Waals surface area contributed by atoms with Gasteiger partial charge in [-0.15, -0.1) is 0 Å². The maximum absolute atomic E-state index is 14.3. The van der Waals surface area contributed by atoms with Crippen molar-refractivity contribution in [1.82, 2.24) is 10.2 Å². The summed E-state index contributed by atoms with van der Waals surface area (Å²) in [6.45, 7) is 8.57. The lowest BCUT2D eigenvalue weighted by molar-refractivity contribution is -0.142. The average Bonchev–Trinajstić information content (AvgIpc) is 3.58. The highest BCUT2D eigenvalue weighted by Gasteiger charge is 2.72. The maximum atomic E-state index is 14.3. The normalized spacial score (nSPS) is 33.6. The lowest BCUT2D eigenvalue weighted by Gasteiger charge is -2.38. The molecule has 3 fully saturated rings. The first-order chi connectivity index (χ1) is 19.6. The van der Waals surface area contributed by atoms with Crippen molar-refractivity contribution < 1.29 is 19.1 Å². The molecule has 2 aromatic rings. The van der Waals surface area contributed by atoms with Gasteiger partial charge in [0.05, 0.1) is 17.9 Å². The predicted molar refractivity (Wildman–Crippen MR) is 158 cm³/mol. The van der Waals surface area contributed by atoms with Crippen LogP contribution in [0.4, 0.5) is 5.69 Å². The summed E-state index contributed by atoms with van der Waals surface area (Å²) in [4.78, 5) is 43.8. The predicted octanol–water partition coefficient (Wildman–Crippen LogP) is 5.19. The van der Waals surface area contributed by atoms with Crippen molar-refractivity contribution in [2.24, 2.45) is 23.7 Å². The van der Waals surface area contributed by atoms with Crippen molar-refractivity contribution in [2.45, 2.75) is 77.3 Å². The quantitative estimate of drug-likeness (QED) is 0.464. The summed E-state index contributed by atoms with van der Waals surface area (Å²) in [5, 5.41) is 6.83. The molecule has 41 heavy (non-hydrogen) atoms. The number of ether oxygens (including phenoxy) is 1. The Morgan fingerprint density at radius 3 is 2.61 bits per heavy atom. The molecule has 1 saturated carbocycles. The van der Waals surface area contributed by atoms with E-state index in [1.807, 2.05) is 62.4 Å². The van der Waals surface area contributed by atoms with Crippen molar-refractivity contribution in [2.75, 3.05) is 5.32 Å². The number of nitrogens with one attached hydrogen (secondary N) is 2. The first-order valence-corrected chi connectivity index (χ1v) is 15.1. The second-order valence-corrected chi connectivity index (χ2v) is 12.8. The van der Waals surface area contributed by atoms with E-state index in [1.165, 1.54) is 0 Å². The molecule has 2 bridgehead atoms. The molecule has 2 saturated heterocycles. The van der Waals surface area contributed by atoms with E-state index in [0.29, 0.717) is 22.5 Å². The Balaban J connectivity index is 1.34. The van der Waals surface area contributed by atoms with Crippen molar-refractivity contribution in [3.63, 3.8) is 0 Å². The number of aryl methyl sites for hydroxylation is 2. The van der Waals surface area contributed by atoms with Gasteiger partial charge >= 0.3 is 0 Å². The van der Waals surface area contributed by atoms with Crippen molar-refractivity contribution in [1.29, 1.82) is 0 Å². The van der Waals surface area contributed by atoms with Crippen LogP contribution in [0.5, 0.6) is 0 Å². The summed E-state index contributed by atoms with van der Waals surface area (Å²) >= 11 is 6.51. The van der Waals surface area contributed by atoms with E-state index in [-0.39, 0.29) is 30.3 Å². The molecule has 2 aromatic carbocycles. The number of carbonyl (C=O) groups is 3. The Kier molecular flexibility index (Phi) is 7.23. The van der Waals surface area contributed by atoms with Crippen LogP contribution < -0.4 is 10.6 Å². The van der Waals surface area contributed by atoms with Gasteiger partial charge in [0.25, 0.3) is 0 Å². The molecule has 1 aliphatic carbocycles. The minimum absolute atomic E-state index is 0.0189. The van der Waals surface area contributed by atoms with E-state index in [1.54, 1.807) is 11.0 Å². The number of likely N-dealkylation sites (tertiary alicyclic amines) is 1. The number of nitrogens with zero attached hydrogens (tertiary/aromatic N) is 1. The first kappa shape index (κ1) is 28.0. The number of fused-ring (bicyclic) bond motifs is 1. The smallest absolute Gasteiger partial charge is 0.246 e. The third-order valence-electron chi connectivity index (χ3n) is 10.0. The number of benzene rings is 2. The molecule has 8 heteroatoms. The Hall–Kier alpha value is -3.16. The zero-order valence-corrected chi connectivity index (χ0v) is 24.8. The van der Waals surface area contributed by atoms with Gasteiger partial charge in [0.15, 0.2) is 0 Å². The molecule has 3 heterocycles. The van der Waals surface area contributed by atoms with Crippen LogP contribution in [-0.2, 0) is 25.7 Å². The number of rotatable bonds is 6. The zero-order chi connectivity index (χ0) is 29.1. The largest absolute Gasteiger partial charge is 0.359 e. The van der Waals surface area contributed by atoms with Crippen LogP contribution in [0.3, 0.4) is 0 Å². The van der Waals surface area contributed by atoms with Gasteiger partial charge in [-0.05, 0) is 67.0 Å². The fraction of sp³-hybridized carbons (Fsp3) is 0.485.